The predicted octanol–water partition coefficient (Wildman–Crippen LogP) is 4.50. The van der Waals surface area contributed by atoms with E-state index in [0.717, 1.165) is 10.0 Å². The molecule has 148 valence electrons. The molecule has 2 amide bonds. The fourth-order valence-electron chi connectivity index (χ4n) is 4.04. The molecule has 1 fully saturated rings. The second kappa shape index (κ2) is 7.76. The molecule has 0 unspecified atom stereocenters. The summed E-state index contributed by atoms with van der Waals surface area (Å²) in [5.74, 6) is -3.09. The molecule has 0 radical (unpaired) electrons. The summed E-state index contributed by atoms with van der Waals surface area (Å²) in [7, 11) is 0. The first-order valence-electron chi connectivity index (χ1n) is 9.20. The van der Waals surface area contributed by atoms with Crippen LogP contribution in [0.25, 0.3) is 0 Å². The van der Waals surface area contributed by atoms with Crippen LogP contribution >= 0.6 is 27.5 Å². The number of halogens is 2. The Hall–Kier alpha value is -2.44. The van der Waals surface area contributed by atoms with Crippen LogP contribution in [0, 0.1) is 11.8 Å². The maximum absolute atomic E-state index is 13.3. The average molecular weight is 475 g/mol. The van der Waals surface area contributed by atoms with E-state index in [1.165, 1.54) is 4.90 Å². The zero-order chi connectivity index (χ0) is 20.7. The standard InChI is InChI=1S/C22H17BrClNO4/c1-2-29-22(28)17-11-16-19(18(17)12-3-5-13(23)6-4-12)21(27)25(20(16)26)15-9-7-14(24)8-10-15/h3-11,16,18-19H,2H2,1H3/t16-,18-,19-/m0/s1. The average Bonchev–Trinajstić information content (AvgIpc) is 3.20. The third kappa shape index (κ3) is 3.40. The lowest BCUT2D eigenvalue weighted by Gasteiger charge is -2.22. The smallest absolute Gasteiger partial charge is 0.334 e. The number of fused-ring (bicyclic) bond motifs is 1. The van der Waals surface area contributed by atoms with Gasteiger partial charge >= 0.3 is 5.97 Å². The van der Waals surface area contributed by atoms with Crippen molar-refractivity contribution in [1.82, 2.24) is 0 Å². The molecule has 0 N–H and O–H groups in total. The van der Waals surface area contributed by atoms with Gasteiger partial charge in [-0.05, 0) is 48.9 Å². The van der Waals surface area contributed by atoms with Crippen molar-refractivity contribution in [3.63, 3.8) is 0 Å². The number of hydrogen-bond donors (Lipinski definition) is 0. The van der Waals surface area contributed by atoms with E-state index in [0.29, 0.717) is 16.3 Å². The highest BCUT2D eigenvalue weighted by Gasteiger charge is 2.56. The summed E-state index contributed by atoms with van der Waals surface area (Å²) in [6.07, 6.45) is 1.60. The number of carbonyl (C=O) groups is 3. The SMILES string of the molecule is CCOC(=O)C1=C[C@@H]2C(=O)N(c3ccc(Cl)cc3)C(=O)[C@@H]2[C@H]1c1ccc(Br)cc1. The second-order valence-corrected chi connectivity index (χ2v) is 8.26. The summed E-state index contributed by atoms with van der Waals surface area (Å²) in [5, 5.41) is 0.519. The molecule has 0 aromatic heterocycles. The van der Waals surface area contributed by atoms with Crippen LogP contribution < -0.4 is 4.90 Å². The molecule has 3 atom stereocenters. The minimum Gasteiger partial charge on any atom is -0.463 e. The van der Waals surface area contributed by atoms with Crippen LogP contribution in [0.1, 0.15) is 18.4 Å². The van der Waals surface area contributed by atoms with Gasteiger partial charge in [-0.15, -0.1) is 0 Å². The zero-order valence-corrected chi connectivity index (χ0v) is 17.8. The molecule has 29 heavy (non-hydrogen) atoms. The Morgan fingerprint density at radius 3 is 2.34 bits per heavy atom. The molecule has 0 bridgehead atoms. The van der Waals surface area contributed by atoms with Crippen molar-refractivity contribution in [3.8, 4) is 0 Å². The highest BCUT2D eigenvalue weighted by atomic mass is 79.9. The molecule has 2 aliphatic rings. The van der Waals surface area contributed by atoms with Gasteiger partial charge in [-0.25, -0.2) is 9.69 Å². The largest absolute Gasteiger partial charge is 0.463 e. The summed E-state index contributed by atoms with van der Waals surface area (Å²) < 4.78 is 6.08. The summed E-state index contributed by atoms with van der Waals surface area (Å²) in [6, 6.07) is 14.0. The van der Waals surface area contributed by atoms with E-state index in [-0.39, 0.29) is 18.4 Å². The third-order valence-corrected chi connectivity index (χ3v) is 6.06. The number of ether oxygens (including phenoxy) is 1. The van der Waals surface area contributed by atoms with E-state index in [1.807, 2.05) is 24.3 Å². The number of benzene rings is 2. The summed E-state index contributed by atoms with van der Waals surface area (Å²) >= 11 is 9.33. The molecule has 5 nitrogen and oxygen atoms in total. The number of nitrogens with zero attached hydrogens (tertiary/aromatic N) is 1. The maximum Gasteiger partial charge on any atom is 0.334 e. The van der Waals surface area contributed by atoms with E-state index in [1.54, 1.807) is 37.3 Å². The topological polar surface area (TPSA) is 63.7 Å². The maximum atomic E-state index is 13.3. The van der Waals surface area contributed by atoms with Crippen LogP contribution in [-0.2, 0) is 19.1 Å². The first-order chi connectivity index (χ1) is 13.9. The molecule has 2 aromatic rings. The summed E-state index contributed by atoms with van der Waals surface area (Å²) in [6.45, 7) is 1.94. The van der Waals surface area contributed by atoms with Gasteiger partial charge in [-0.2, -0.15) is 0 Å². The molecule has 7 heteroatoms. The number of amides is 2. The van der Waals surface area contributed by atoms with Crippen LogP contribution in [-0.4, -0.2) is 24.4 Å². The Kier molecular flexibility index (Phi) is 5.32. The Labute approximate surface area is 181 Å². The van der Waals surface area contributed by atoms with Gasteiger partial charge in [0.2, 0.25) is 11.8 Å². The van der Waals surface area contributed by atoms with Crippen molar-refractivity contribution in [2.24, 2.45) is 11.8 Å². The Morgan fingerprint density at radius 1 is 1.07 bits per heavy atom. The highest BCUT2D eigenvalue weighted by molar-refractivity contribution is 9.10. The van der Waals surface area contributed by atoms with E-state index < -0.39 is 23.7 Å². The van der Waals surface area contributed by atoms with Gasteiger partial charge in [0, 0.05) is 21.0 Å². The minimum absolute atomic E-state index is 0.220. The Morgan fingerprint density at radius 2 is 1.72 bits per heavy atom. The fourth-order valence-corrected chi connectivity index (χ4v) is 4.43. The lowest BCUT2D eigenvalue weighted by Crippen LogP contribution is -2.33. The van der Waals surface area contributed by atoms with Gasteiger partial charge in [0.1, 0.15) is 0 Å². The second-order valence-electron chi connectivity index (χ2n) is 6.91. The number of hydrogen-bond acceptors (Lipinski definition) is 4. The monoisotopic (exact) mass is 473 g/mol. The molecule has 0 saturated carbocycles. The number of rotatable bonds is 4. The van der Waals surface area contributed by atoms with Crippen molar-refractivity contribution in [3.05, 3.63) is 75.2 Å². The lowest BCUT2D eigenvalue weighted by atomic mass is 9.82. The minimum atomic E-state index is -0.703. The van der Waals surface area contributed by atoms with Crippen molar-refractivity contribution in [1.29, 1.82) is 0 Å². The normalized spacial score (nSPS) is 23.2. The zero-order valence-electron chi connectivity index (χ0n) is 15.5. The van der Waals surface area contributed by atoms with E-state index in [4.69, 9.17) is 16.3 Å². The molecule has 0 spiro atoms. The fraction of sp³-hybridized carbons (Fsp3) is 0.227. The third-order valence-electron chi connectivity index (χ3n) is 5.28. The van der Waals surface area contributed by atoms with E-state index in [9.17, 15) is 14.4 Å². The first-order valence-corrected chi connectivity index (χ1v) is 10.4. The summed E-state index contributed by atoms with van der Waals surface area (Å²) in [4.78, 5) is 40.2. The van der Waals surface area contributed by atoms with E-state index >= 15 is 0 Å². The van der Waals surface area contributed by atoms with Crippen LogP contribution in [0.2, 0.25) is 5.02 Å². The number of carbonyl (C=O) groups excluding carboxylic acids is 3. The Bertz CT molecular complexity index is 1020. The van der Waals surface area contributed by atoms with E-state index in [2.05, 4.69) is 15.9 Å². The van der Waals surface area contributed by atoms with Gasteiger partial charge in [-0.1, -0.05) is 45.7 Å². The molecule has 1 saturated heterocycles. The van der Waals surface area contributed by atoms with Gasteiger partial charge in [-0.3, -0.25) is 9.59 Å². The van der Waals surface area contributed by atoms with Crippen LogP contribution in [0.15, 0.2) is 64.7 Å². The number of imide groups is 1. The first kappa shape index (κ1) is 19.9. The molecular formula is C22H17BrClNO4. The van der Waals surface area contributed by atoms with Crippen LogP contribution in [0.5, 0.6) is 0 Å². The summed E-state index contributed by atoms with van der Waals surface area (Å²) in [5.41, 5.74) is 1.63. The van der Waals surface area contributed by atoms with Crippen LogP contribution in [0.3, 0.4) is 0 Å². The van der Waals surface area contributed by atoms with Crippen molar-refractivity contribution < 1.29 is 19.1 Å². The van der Waals surface area contributed by atoms with Gasteiger partial charge in [0.25, 0.3) is 0 Å². The van der Waals surface area contributed by atoms with Crippen molar-refractivity contribution >= 4 is 51.0 Å². The molecule has 1 aliphatic carbocycles. The van der Waals surface area contributed by atoms with Gasteiger partial charge < -0.3 is 4.74 Å². The van der Waals surface area contributed by atoms with Crippen LogP contribution in [0.4, 0.5) is 5.69 Å². The highest BCUT2D eigenvalue weighted by Crippen LogP contribution is 2.49. The van der Waals surface area contributed by atoms with Crippen molar-refractivity contribution in [2.75, 3.05) is 11.5 Å². The molecule has 4 rings (SSSR count). The quantitative estimate of drug-likeness (QED) is 0.484. The predicted molar refractivity (Wildman–Crippen MR) is 113 cm³/mol. The lowest BCUT2D eigenvalue weighted by molar-refractivity contribution is -0.138. The molecule has 1 heterocycles. The number of esters is 1. The number of anilines is 1. The van der Waals surface area contributed by atoms with Crippen molar-refractivity contribution in [2.45, 2.75) is 12.8 Å². The molecule has 1 aliphatic heterocycles. The molecule has 2 aromatic carbocycles. The Balaban J connectivity index is 1.77. The van der Waals surface area contributed by atoms with Gasteiger partial charge in [0.15, 0.2) is 0 Å². The van der Waals surface area contributed by atoms with Gasteiger partial charge in [0.05, 0.1) is 24.1 Å². The molecular weight excluding hydrogens is 458 g/mol.